The lowest BCUT2D eigenvalue weighted by Crippen LogP contribution is -2.37. The molecule has 1 heterocycles. The molecule has 3 N–H and O–H groups in total. The van der Waals surface area contributed by atoms with Crippen LogP contribution in [0.4, 0.5) is 5.69 Å². The van der Waals surface area contributed by atoms with Crippen LogP contribution in [0.5, 0.6) is 5.75 Å². The molecule has 23 heavy (non-hydrogen) atoms. The molecule has 1 fully saturated rings. The minimum atomic E-state index is -0.402. The molecule has 1 aliphatic rings. The maximum atomic E-state index is 12.5. The molecule has 0 aromatic heterocycles. The van der Waals surface area contributed by atoms with E-state index in [0.29, 0.717) is 25.2 Å². The number of anilines is 1. The van der Waals surface area contributed by atoms with Gasteiger partial charge in [0.15, 0.2) is 0 Å². The maximum absolute atomic E-state index is 12.5. The van der Waals surface area contributed by atoms with Gasteiger partial charge in [0, 0.05) is 31.7 Å². The van der Waals surface area contributed by atoms with Crippen LogP contribution in [0.2, 0.25) is 0 Å². The van der Waals surface area contributed by atoms with E-state index in [9.17, 15) is 19.5 Å². The van der Waals surface area contributed by atoms with E-state index in [2.05, 4.69) is 17.2 Å². The number of nitrogens with zero attached hydrogens (tertiary/aromatic N) is 1. The van der Waals surface area contributed by atoms with E-state index < -0.39 is 5.91 Å². The quantitative estimate of drug-likeness (QED) is 0.567. The fourth-order valence-corrected chi connectivity index (χ4v) is 2.50. The summed E-state index contributed by atoms with van der Waals surface area (Å²) in [6.07, 6.45) is 1.78. The highest BCUT2D eigenvalue weighted by Crippen LogP contribution is 2.24. The van der Waals surface area contributed by atoms with Crippen molar-refractivity contribution < 1.29 is 19.5 Å². The van der Waals surface area contributed by atoms with E-state index in [0.717, 1.165) is 6.08 Å². The number of carbonyl (C=O) groups excluding carboxylic acids is 3. The number of likely N-dealkylation sites (tertiary alicyclic amines) is 1. The van der Waals surface area contributed by atoms with Crippen molar-refractivity contribution >= 4 is 23.4 Å². The maximum Gasteiger partial charge on any atom is 0.257 e. The Morgan fingerprint density at radius 2 is 2.13 bits per heavy atom. The first-order valence-electron chi connectivity index (χ1n) is 7.23. The van der Waals surface area contributed by atoms with Crippen molar-refractivity contribution in [1.82, 2.24) is 10.2 Å². The number of nitrogens with one attached hydrogen (secondary N) is 2. The van der Waals surface area contributed by atoms with E-state index in [1.165, 1.54) is 25.1 Å². The summed E-state index contributed by atoms with van der Waals surface area (Å²) in [7, 11) is 0. The van der Waals surface area contributed by atoms with Gasteiger partial charge in [-0.3, -0.25) is 14.4 Å². The van der Waals surface area contributed by atoms with Gasteiger partial charge in [0.25, 0.3) is 5.91 Å². The van der Waals surface area contributed by atoms with Crippen LogP contribution in [-0.4, -0.2) is 46.9 Å². The summed E-state index contributed by atoms with van der Waals surface area (Å²) in [6, 6.07) is 4.19. The lowest BCUT2D eigenvalue weighted by Gasteiger charge is -2.18. The third kappa shape index (κ3) is 4.09. The molecule has 1 saturated heterocycles. The number of rotatable bonds is 4. The average molecular weight is 317 g/mol. The zero-order chi connectivity index (χ0) is 17.0. The zero-order valence-corrected chi connectivity index (χ0v) is 12.8. The standard InChI is InChI=1S/C16H19N3O4/c1-3-15(22)18-11-4-5-14(21)13(8-11)16(23)19-7-6-12(9-19)17-10(2)20/h3-5,8,12,21H,1,6-7,9H2,2H3,(H,17,20)(H,18,22). The van der Waals surface area contributed by atoms with Gasteiger partial charge in [-0.2, -0.15) is 0 Å². The Morgan fingerprint density at radius 3 is 2.78 bits per heavy atom. The number of phenols is 1. The molecule has 1 aromatic rings. The minimum Gasteiger partial charge on any atom is -0.507 e. The van der Waals surface area contributed by atoms with E-state index in [1.54, 1.807) is 4.90 Å². The number of phenolic OH excluding ortho intramolecular Hbond substituents is 1. The van der Waals surface area contributed by atoms with Gasteiger partial charge in [0.05, 0.1) is 5.56 Å². The number of hydrogen-bond acceptors (Lipinski definition) is 4. The van der Waals surface area contributed by atoms with Crippen LogP contribution in [0, 0.1) is 0 Å². The van der Waals surface area contributed by atoms with E-state index in [-0.39, 0.29) is 29.2 Å². The van der Waals surface area contributed by atoms with Crippen molar-refractivity contribution in [1.29, 1.82) is 0 Å². The molecule has 2 rings (SSSR count). The molecule has 0 radical (unpaired) electrons. The van der Waals surface area contributed by atoms with Crippen LogP contribution < -0.4 is 10.6 Å². The molecule has 1 unspecified atom stereocenters. The Hall–Kier alpha value is -2.83. The summed E-state index contributed by atoms with van der Waals surface area (Å²) in [6.45, 7) is 5.67. The Bertz CT molecular complexity index is 657. The average Bonchev–Trinajstić information content (AvgIpc) is 2.96. The Labute approximate surface area is 134 Å². The monoisotopic (exact) mass is 317 g/mol. The molecular weight excluding hydrogens is 298 g/mol. The van der Waals surface area contributed by atoms with Gasteiger partial charge < -0.3 is 20.6 Å². The Balaban J connectivity index is 2.13. The summed E-state index contributed by atoms with van der Waals surface area (Å²) in [5, 5.41) is 15.2. The Morgan fingerprint density at radius 1 is 1.39 bits per heavy atom. The zero-order valence-electron chi connectivity index (χ0n) is 12.8. The van der Waals surface area contributed by atoms with Crippen LogP contribution in [0.15, 0.2) is 30.9 Å². The van der Waals surface area contributed by atoms with Gasteiger partial charge in [0.2, 0.25) is 11.8 Å². The summed E-state index contributed by atoms with van der Waals surface area (Å²) >= 11 is 0. The SMILES string of the molecule is C=CC(=O)Nc1ccc(O)c(C(=O)N2CCC(NC(C)=O)C2)c1. The largest absolute Gasteiger partial charge is 0.507 e. The van der Waals surface area contributed by atoms with Crippen molar-refractivity contribution in [2.24, 2.45) is 0 Å². The van der Waals surface area contributed by atoms with Gasteiger partial charge in [-0.25, -0.2) is 0 Å². The second-order valence-corrected chi connectivity index (χ2v) is 5.36. The minimum absolute atomic E-state index is 0.0813. The molecule has 1 atom stereocenters. The highest BCUT2D eigenvalue weighted by molar-refractivity contribution is 6.02. The van der Waals surface area contributed by atoms with Crippen LogP contribution in [0.3, 0.4) is 0 Å². The third-order valence-electron chi connectivity index (χ3n) is 3.56. The van der Waals surface area contributed by atoms with Crippen LogP contribution in [0.1, 0.15) is 23.7 Å². The first-order valence-corrected chi connectivity index (χ1v) is 7.23. The third-order valence-corrected chi connectivity index (χ3v) is 3.56. The number of carbonyl (C=O) groups is 3. The van der Waals surface area contributed by atoms with Crippen molar-refractivity contribution in [2.75, 3.05) is 18.4 Å². The van der Waals surface area contributed by atoms with Gasteiger partial charge in [-0.15, -0.1) is 0 Å². The first-order chi connectivity index (χ1) is 10.9. The summed E-state index contributed by atoms with van der Waals surface area (Å²) < 4.78 is 0. The predicted molar refractivity (Wildman–Crippen MR) is 85.1 cm³/mol. The highest BCUT2D eigenvalue weighted by atomic mass is 16.3. The lowest BCUT2D eigenvalue weighted by atomic mass is 10.1. The molecule has 1 aliphatic heterocycles. The van der Waals surface area contributed by atoms with Crippen LogP contribution in [0.25, 0.3) is 0 Å². The molecule has 0 spiro atoms. The lowest BCUT2D eigenvalue weighted by molar-refractivity contribution is -0.119. The fraction of sp³-hybridized carbons (Fsp3) is 0.312. The van der Waals surface area contributed by atoms with Gasteiger partial charge in [-0.1, -0.05) is 6.58 Å². The molecular formula is C16H19N3O4. The topological polar surface area (TPSA) is 98.7 Å². The van der Waals surface area contributed by atoms with Crippen LogP contribution >= 0.6 is 0 Å². The van der Waals surface area contributed by atoms with E-state index >= 15 is 0 Å². The molecule has 0 aliphatic carbocycles. The summed E-state index contributed by atoms with van der Waals surface area (Å²) in [5.41, 5.74) is 0.504. The molecule has 0 saturated carbocycles. The normalized spacial score (nSPS) is 16.7. The second-order valence-electron chi connectivity index (χ2n) is 5.36. The molecule has 3 amide bonds. The fourth-order valence-electron chi connectivity index (χ4n) is 2.50. The van der Waals surface area contributed by atoms with Gasteiger partial charge in [-0.05, 0) is 30.7 Å². The smallest absolute Gasteiger partial charge is 0.257 e. The molecule has 1 aromatic carbocycles. The van der Waals surface area contributed by atoms with E-state index in [1.807, 2.05) is 0 Å². The molecule has 122 valence electrons. The highest BCUT2D eigenvalue weighted by Gasteiger charge is 2.28. The Kier molecular flexibility index (Phi) is 5.00. The van der Waals surface area contributed by atoms with Crippen molar-refractivity contribution in [2.45, 2.75) is 19.4 Å². The number of hydrogen-bond donors (Lipinski definition) is 3. The summed E-state index contributed by atoms with van der Waals surface area (Å²) in [5.74, 6) is -1.04. The van der Waals surface area contributed by atoms with E-state index in [4.69, 9.17) is 0 Å². The number of amides is 3. The number of benzene rings is 1. The molecule has 0 bridgehead atoms. The van der Waals surface area contributed by atoms with Crippen molar-refractivity contribution in [3.8, 4) is 5.75 Å². The van der Waals surface area contributed by atoms with Crippen molar-refractivity contribution in [3.05, 3.63) is 36.4 Å². The summed E-state index contributed by atoms with van der Waals surface area (Å²) in [4.78, 5) is 36.5. The molecule has 7 heteroatoms. The number of aromatic hydroxyl groups is 1. The predicted octanol–water partition coefficient (Wildman–Crippen LogP) is 0.867. The first kappa shape index (κ1) is 16.5. The van der Waals surface area contributed by atoms with Gasteiger partial charge in [0.1, 0.15) is 5.75 Å². The second kappa shape index (κ2) is 6.95. The molecule has 7 nitrogen and oxygen atoms in total. The van der Waals surface area contributed by atoms with Gasteiger partial charge >= 0.3 is 0 Å². The van der Waals surface area contributed by atoms with Crippen LogP contribution in [-0.2, 0) is 9.59 Å². The van der Waals surface area contributed by atoms with Crippen molar-refractivity contribution in [3.63, 3.8) is 0 Å².